The summed E-state index contributed by atoms with van der Waals surface area (Å²) in [5.74, 6) is 4.53. The molecule has 23 heavy (non-hydrogen) atoms. The maximum atomic E-state index is 12.8. The van der Waals surface area contributed by atoms with Crippen LogP contribution in [0.3, 0.4) is 0 Å². The number of benzene rings is 1. The number of nitrogens with one attached hydrogen (secondary N) is 1. The third-order valence-electron chi connectivity index (χ3n) is 5.81. The number of amides is 1. The van der Waals surface area contributed by atoms with Crippen molar-refractivity contribution in [2.45, 2.75) is 43.1 Å². The first-order valence-corrected chi connectivity index (χ1v) is 10.8. The number of hydrogen-bond donors (Lipinski definition) is 1. The van der Waals surface area contributed by atoms with E-state index in [-0.39, 0.29) is 11.8 Å². The lowest BCUT2D eigenvalue weighted by molar-refractivity contribution is -0.122. The van der Waals surface area contributed by atoms with Crippen LogP contribution >= 0.6 is 23.5 Å². The summed E-state index contributed by atoms with van der Waals surface area (Å²) in [4.78, 5) is 12.8. The van der Waals surface area contributed by atoms with Gasteiger partial charge in [0, 0.05) is 23.1 Å². The summed E-state index contributed by atoms with van der Waals surface area (Å²) in [6.07, 6.45) is 6.20. The molecule has 1 N–H and O–H groups in total. The smallest absolute Gasteiger partial charge is 0.227 e. The minimum absolute atomic E-state index is 0.207. The Balaban J connectivity index is 1.46. The highest BCUT2D eigenvalue weighted by molar-refractivity contribution is 8.21. The van der Waals surface area contributed by atoms with E-state index in [2.05, 4.69) is 47.9 Å². The number of rotatable bonds is 2. The Morgan fingerprint density at radius 3 is 2.30 bits per heavy atom. The highest BCUT2D eigenvalue weighted by Gasteiger charge is 2.55. The Labute approximate surface area is 147 Å². The van der Waals surface area contributed by atoms with Crippen molar-refractivity contribution >= 4 is 35.1 Å². The Morgan fingerprint density at radius 1 is 1.09 bits per heavy atom. The molecule has 1 heterocycles. The monoisotopic (exact) mass is 347 g/mol. The summed E-state index contributed by atoms with van der Waals surface area (Å²) in [6, 6.07) is 8.15. The van der Waals surface area contributed by atoms with Crippen molar-refractivity contribution in [3.63, 3.8) is 0 Å². The van der Waals surface area contributed by atoms with Gasteiger partial charge in [0.15, 0.2) is 0 Å². The van der Waals surface area contributed by atoms with Crippen LogP contribution in [0.4, 0.5) is 5.69 Å². The molecule has 1 spiro atoms. The molecule has 2 saturated carbocycles. The molecule has 124 valence electrons. The summed E-state index contributed by atoms with van der Waals surface area (Å²) in [5, 5.41) is 3.15. The van der Waals surface area contributed by atoms with Crippen LogP contribution in [0.2, 0.25) is 0 Å². The number of aryl methyl sites for hydroxylation is 1. The third-order valence-corrected chi connectivity index (χ3v) is 9.83. The Morgan fingerprint density at radius 2 is 1.70 bits per heavy atom. The minimum atomic E-state index is 0.207. The van der Waals surface area contributed by atoms with Crippen LogP contribution in [0.5, 0.6) is 0 Å². The number of carbonyl (C=O) groups is 1. The Hall–Kier alpha value is -0.610. The van der Waals surface area contributed by atoms with E-state index in [1.807, 2.05) is 12.1 Å². The van der Waals surface area contributed by atoms with Gasteiger partial charge in [-0.2, -0.15) is 0 Å². The van der Waals surface area contributed by atoms with E-state index in [1.54, 1.807) is 0 Å². The van der Waals surface area contributed by atoms with Crippen LogP contribution in [-0.4, -0.2) is 21.5 Å². The molecular weight excluding hydrogens is 322 g/mol. The van der Waals surface area contributed by atoms with Gasteiger partial charge in [0.05, 0.1) is 4.08 Å². The summed E-state index contributed by atoms with van der Waals surface area (Å²) in [5.41, 5.74) is 2.17. The van der Waals surface area contributed by atoms with Crippen molar-refractivity contribution in [3.05, 3.63) is 29.8 Å². The SMILES string of the molecule is Cc1ccc(NC(=O)C2CC3CCCC(C2)C32SCCS2)cc1. The summed E-state index contributed by atoms with van der Waals surface area (Å²) in [6.45, 7) is 2.07. The van der Waals surface area contributed by atoms with E-state index in [0.29, 0.717) is 4.08 Å². The fourth-order valence-electron chi connectivity index (χ4n) is 4.70. The zero-order chi connectivity index (χ0) is 15.9. The average Bonchev–Trinajstić information content (AvgIpc) is 2.99. The highest BCUT2D eigenvalue weighted by atomic mass is 32.2. The molecule has 3 fully saturated rings. The molecule has 1 aliphatic heterocycles. The predicted octanol–water partition coefficient (Wildman–Crippen LogP) is 4.94. The van der Waals surface area contributed by atoms with Gasteiger partial charge in [0.25, 0.3) is 0 Å². The summed E-state index contributed by atoms with van der Waals surface area (Å²) >= 11 is 4.42. The van der Waals surface area contributed by atoms with Gasteiger partial charge in [0.1, 0.15) is 0 Å². The second-order valence-corrected chi connectivity index (χ2v) is 10.3. The van der Waals surface area contributed by atoms with E-state index in [0.717, 1.165) is 30.4 Å². The van der Waals surface area contributed by atoms with E-state index >= 15 is 0 Å². The lowest BCUT2D eigenvalue weighted by atomic mass is 9.67. The Kier molecular flexibility index (Phi) is 4.39. The third kappa shape index (κ3) is 2.93. The van der Waals surface area contributed by atoms with Gasteiger partial charge < -0.3 is 5.32 Å². The van der Waals surface area contributed by atoms with Crippen LogP contribution in [-0.2, 0) is 4.79 Å². The van der Waals surface area contributed by atoms with Gasteiger partial charge in [-0.05, 0) is 56.6 Å². The number of thioether (sulfide) groups is 2. The molecule has 0 aromatic heterocycles. The molecule has 1 aromatic carbocycles. The van der Waals surface area contributed by atoms with E-state index in [9.17, 15) is 4.79 Å². The van der Waals surface area contributed by atoms with Gasteiger partial charge in [-0.25, -0.2) is 0 Å². The molecule has 2 atom stereocenters. The molecule has 2 bridgehead atoms. The van der Waals surface area contributed by atoms with Gasteiger partial charge in [-0.1, -0.05) is 24.1 Å². The van der Waals surface area contributed by atoms with Crippen molar-refractivity contribution in [2.75, 3.05) is 16.8 Å². The van der Waals surface area contributed by atoms with Crippen molar-refractivity contribution in [1.29, 1.82) is 0 Å². The lowest BCUT2D eigenvalue weighted by Gasteiger charge is -2.52. The van der Waals surface area contributed by atoms with Crippen LogP contribution < -0.4 is 5.32 Å². The molecule has 3 aliphatic rings. The molecule has 2 aliphatic carbocycles. The molecule has 0 radical (unpaired) electrons. The van der Waals surface area contributed by atoms with Gasteiger partial charge >= 0.3 is 0 Å². The first kappa shape index (κ1) is 15.9. The molecule has 1 aromatic rings. The van der Waals surface area contributed by atoms with Gasteiger partial charge in [0.2, 0.25) is 5.91 Å². The maximum Gasteiger partial charge on any atom is 0.227 e. The largest absolute Gasteiger partial charge is 0.326 e. The molecule has 2 unspecified atom stereocenters. The van der Waals surface area contributed by atoms with Crippen molar-refractivity contribution in [2.24, 2.45) is 17.8 Å². The summed E-state index contributed by atoms with van der Waals surface area (Å²) in [7, 11) is 0. The molecule has 1 saturated heterocycles. The molecule has 4 rings (SSSR count). The second kappa shape index (κ2) is 6.36. The van der Waals surface area contributed by atoms with E-state index in [1.165, 1.54) is 36.3 Å². The van der Waals surface area contributed by atoms with Crippen molar-refractivity contribution in [1.82, 2.24) is 0 Å². The molecular formula is C19H25NOS2. The van der Waals surface area contributed by atoms with Crippen LogP contribution in [0.15, 0.2) is 24.3 Å². The molecule has 4 heteroatoms. The first-order valence-electron chi connectivity index (χ1n) is 8.83. The number of carbonyl (C=O) groups excluding carboxylic acids is 1. The second-order valence-electron chi connectivity index (χ2n) is 7.27. The Bertz CT molecular complexity index is 564. The number of anilines is 1. The highest BCUT2D eigenvalue weighted by Crippen LogP contribution is 2.64. The fraction of sp³-hybridized carbons (Fsp3) is 0.632. The quantitative estimate of drug-likeness (QED) is 0.822. The summed E-state index contributed by atoms with van der Waals surface area (Å²) < 4.78 is 0.457. The topological polar surface area (TPSA) is 29.1 Å². The minimum Gasteiger partial charge on any atom is -0.326 e. The van der Waals surface area contributed by atoms with E-state index in [4.69, 9.17) is 0 Å². The predicted molar refractivity (Wildman–Crippen MR) is 101 cm³/mol. The molecule has 2 nitrogen and oxygen atoms in total. The van der Waals surface area contributed by atoms with Crippen LogP contribution in [0.25, 0.3) is 0 Å². The first-order chi connectivity index (χ1) is 11.2. The van der Waals surface area contributed by atoms with E-state index < -0.39 is 0 Å². The normalized spacial score (nSPS) is 32.0. The zero-order valence-electron chi connectivity index (χ0n) is 13.7. The standard InChI is InChI=1S/C19H25NOS2/c1-13-5-7-17(8-6-13)20-18(21)14-11-15-3-2-4-16(12-14)19(15)22-9-10-23-19/h5-8,14-16H,2-4,9-12H2,1H3,(H,20,21). The molecule has 1 amide bonds. The zero-order valence-corrected chi connectivity index (χ0v) is 15.3. The van der Waals surface area contributed by atoms with Crippen LogP contribution in [0.1, 0.15) is 37.7 Å². The fourth-order valence-corrected chi connectivity index (χ4v) is 8.64. The van der Waals surface area contributed by atoms with Gasteiger partial charge in [-0.15, -0.1) is 23.5 Å². The van der Waals surface area contributed by atoms with Gasteiger partial charge in [-0.3, -0.25) is 4.79 Å². The van der Waals surface area contributed by atoms with Crippen LogP contribution in [0, 0.1) is 24.7 Å². The average molecular weight is 348 g/mol. The van der Waals surface area contributed by atoms with Crippen molar-refractivity contribution < 1.29 is 4.79 Å². The lowest BCUT2D eigenvalue weighted by Crippen LogP contribution is -2.48. The number of hydrogen-bond acceptors (Lipinski definition) is 3. The maximum absolute atomic E-state index is 12.8. The van der Waals surface area contributed by atoms with Crippen molar-refractivity contribution in [3.8, 4) is 0 Å².